The zero-order valence-electron chi connectivity index (χ0n) is 13.7. The molecule has 120 valence electrons. The van der Waals surface area contributed by atoms with Gasteiger partial charge in [0.15, 0.2) is 11.5 Å². The van der Waals surface area contributed by atoms with Gasteiger partial charge in [0.25, 0.3) is 0 Å². The number of methoxy groups -OCH3 is 2. The largest absolute Gasteiger partial charge is 0.493 e. The van der Waals surface area contributed by atoms with E-state index in [0.29, 0.717) is 12.4 Å². The quantitative estimate of drug-likeness (QED) is 0.804. The summed E-state index contributed by atoms with van der Waals surface area (Å²) < 4.78 is 17.3. The van der Waals surface area contributed by atoms with Gasteiger partial charge in [0.1, 0.15) is 6.10 Å². The molecular formula is C16H26BrNO3. The molecule has 21 heavy (non-hydrogen) atoms. The first-order chi connectivity index (χ1) is 9.76. The van der Waals surface area contributed by atoms with E-state index in [1.807, 2.05) is 13.0 Å². The van der Waals surface area contributed by atoms with Gasteiger partial charge in [0, 0.05) is 19.2 Å². The van der Waals surface area contributed by atoms with E-state index in [-0.39, 0.29) is 11.6 Å². The van der Waals surface area contributed by atoms with Crippen LogP contribution in [-0.4, -0.2) is 32.5 Å². The number of nitrogens with one attached hydrogen (secondary N) is 1. The average Bonchev–Trinajstić information content (AvgIpc) is 2.38. The van der Waals surface area contributed by atoms with E-state index >= 15 is 0 Å². The second kappa shape index (κ2) is 8.01. The van der Waals surface area contributed by atoms with Crippen molar-refractivity contribution in [2.24, 2.45) is 0 Å². The molecule has 0 fully saturated rings. The predicted octanol–water partition coefficient (Wildman–Crippen LogP) is 3.76. The Kier molecular flexibility index (Phi) is 6.97. The van der Waals surface area contributed by atoms with Crippen molar-refractivity contribution in [3.8, 4) is 11.5 Å². The molecule has 1 N–H and O–H groups in total. The van der Waals surface area contributed by atoms with Crippen LogP contribution in [0.15, 0.2) is 16.6 Å². The van der Waals surface area contributed by atoms with Crippen molar-refractivity contribution < 1.29 is 14.2 Å². The zero-order chi connectivity index (χ0) is 16.0. The molecule has 1 rings (SSSR count). The normalized spacial score (nSPS) is 13.1. The maximum absolute atomic E-state index is 5.89. The Labute approximate surface area is 136 Å². The Morgan fingerprint density at radius 3 is 2.43 bits per heavy atom. The summed E-state index contributed by atoms with van der Waals surface area (Å²) in [4.78, 5) is 0. The van der Waals surface area contributed by atoms with Gasteiger partial charge in [0.2, 0.25) is 0 Å². The van der Waals surface area contributed by atoms with Crippen molar-refractivity contribution in [2.45, 2.75) is 45.9 Å². The number of benzene rings is 1. The summed E-state index contributed by atoms with van der Waals surface area (Å²) in [7, 11) is 3.31. The lowest BCUT2D eigenvalue weighted by Crippen LogP contribution is -2.35. The smallest absolute Gasteiger partial charge is 0.175 e. The standard InChI is InChI=1S/C16H26BrNO3/c1-11(10-19-5)21-15-13(17)7-12(8-14(15)20-6)9-18-16(2,3)4/h7-8,11,18H,9-10H2,1-6H3. The molecule has 0 aliphatic heterocycles. The molecule has 4 nitrogen and oxygen atoms in total. The van der Waals surface area contributed by atoms with Crippen molar-refractivity contribution in [3.63, 3.8) is 0 Å². The van der Waals surface area contributed by atoms with Crippen molar-refractivity contribution in [2.75, 3.05) is 20.8 Å². The summed E-state index contributed by atoms with van der Waals surface area (Å²) in [6.45, 7) is 9.69. The van der Waals surface area contributed by atoms with Gasteiger partial charge < -0.3 is 19.5 Å². The fourth-order valence-corrected chi connectivity index (χ4v) is 2.41. The summed E-state index contributed by atoms with van der Waals surface area (Å²) in [5.74, 6) is 1.43. The lowest BCUT2D eigenvalue weighted by atomic mass is 10.1. The van der Waals surface area contributed by atoms with Crippen LogP contribution in [0.4, 0.5) is 0 Å². The molecule has 0 saturated carbocycles. The number of hydrogen-bond acceptors (Lipinski definition) is 4. The molecule has 0 saturated heterocycles. The van der Waals surface area contributed by atoms with Crippen LogP contribution in [0.1, 0.15) is 33.3 Å². The highest BCUT2D eigenvalue weighted by atomic mass is 79.9. The minimum atomic E-state index is -0.0428. The SMILES string of the molecule is COCC(C)Oc1c(Br)cc(CNC(C)(C)C)cc1OC. The van der Waals surface area contributed by atoms with Crippen molar-refractivity contribution >= 4 is 15.9 Å². The van der Waals surface area contributed by atoms with Gasteiger partial charge in [-0.2, -0.15) is 0 Å². The Morgan fingerprint density at radius 1 is 1.24 bits per heavy atom. The zero-order valence-corrected chi connectivity index (χ0v) is 15.3. The second-order valence-corrected chi connectivity index (χ2v) is 6.95. The number of rotatable bonds is 7. The van der Waals surface area contributed by atoms with E-state index in [0.717, 1.165) is 22.3 Å². The van der Waals surface area contributed by atoms with Crippen LogP contribution in [0.2, 0.25) is 0 Å². The van der Waals surface area contributed by atoms with Crippen molar-refractivity contribution in [1.82, 2.24) is 5.32 Å². The van der Waals surface area contributed by atoms with Gasteiger partial charge in [-0.3, -0.25) is 0 Å². The summed E-state index contributed by atoms with van der Waals surface area (Å²) >= 11 is 3.57. The highest BCUT2D eigenvalue weighted by molar-refractivity contribution is 9.10. The van der Waals surface area contributed by atoms with Crippen LogP contribution in [0.3, 0.4) is 0 Å². The van der Waals surface area contributed by atoms with E-state index in [2.05, 4.69) is 48.1 Å². The Morgan fingerprint density at radius 2 is 1.90 bits per heavy atom. The maximum atomic E-state index is 5.89. The first-order valence-corrected chi connectivity index (χ1v) is 7.83. The van der Waals surface area contributed by atoms with Gasteiger partial charge in [-0.05, 0) is 61.3 Å². The van der Waals surface area contributed by atoms with Crippen molar-refractivity contribution in [1.29, 1.82) is 0 Å². The van der Waals surface area contributed by atoms with Crippen LogP contribution in [-0.2, 0) is 11.3 Å². The van der Waals surface area contributed by atoms with Gasteiger partial charge in [0.05, 0.1) is 18.2 Å². The summed E-state index contributed by atoms with van der Waals surface area (Å²) in [5, 5.41) is 3.46. The third-order valence-corrected chi connectivity index (χ3v) is 3.42. The molecule has 0 radical (unpaired) electrons. The second-order valence-electron chi connectivity index (χ2n) is 6.10. The van der Waals surface area contributed by atoms with Crippen LogP contribution in [0.5, 0.6) is 11.5 Å². The molecule has 0 amide bonds. The first kappa shape index (κ1) is 18.3. The van der Waals surface area contributed by atoms with Crippen LogP contribution in [0, 0.1) is 0 Å². The van der Waals surface area contributed by atoms with Crippen LogP contribution in [0.25, 0.3) is 0 Å². The molecular weight excluding hydrogens is 334 g/mol. The monoisotopic (exact) mass is 359 g/mol. The molecule has 5 heteroatoms. The molecule has 0 aliphatic carbocycles. The molecule has 0 aromatic heterocycles. The molecule has 0 aliphatic rings. The highest BCUT2D eigenvalue weighted by Gasteiger charge is 2.16. The lowest BCUT2D eigenvalue weighted by Gasteiger charge is -2.22. The van der Waals surface area contributed by atoms with E-state index in [4.69, 9.17) is 14.2 Å². The molecule has 0 heterocycles. The van der Waals surface area contributed by atoms with E-state index in [1.54, 1.807) is 14.2 Å². The summed E-state index contributed by atoms with van der Waals surface area (Å²) in [6, 6.07) is 4.05. The van der Waals surface area contributed by atoms with Crippen LogP contribution >= 0.6 is 15.9 Å². The van der Waals surface area contributed by atoms with E-state index in [1.165, 1.54) is 0 Å². The Bertz CT molecular complexity index is 458. The van der Waals surface area contributed by atoms with E-state index in [9.17, 15) is 0 Å². The van der Waals surface area contributed by atoms with Gasteiger partial charge in [-0.1, -0.05) is 0 Å². The average molecular weight is 360 g/mol. The van der Waals surface area contributed by atoms with Crippen molar-refractivity contribution in [3.05, 3.63) is 22.2 Å². The minimum Gasteiger partial charge on any atom is -0.493 e. The number of halogens is 1. The predicted molar refractivity (Wildman–Crippen MR) is 89.3 cm³/mol. The van der Waals surface area contributed by atoms with Gasteiger partial charge in [-0.15, -0.1) is 0 Å². The highest BCUT2D eigenvalue weighted by Crippen LogP contribution is 2.37. The Balaban J connectivity index is 2.91. The lowest BCUT2D eigenvalue weighted by molar-refractivity contribution is 0.0894. The fourth-order valence-electron chi connectivity index (χ4n) is 1.83. The van der Waals surface area contributed by atoms with Crippen LogP contribution < -0.4 is 14.8 Å². The first-order valence-electron chi connectivity index (χ1n) is 7.04. The minimum absolute atomic E-state index is 0.0428. The maximum Gasteiger partial charge on any atom is 0.175 e. The molecule has 0 spiro atoms. The van der Waals surface area contributed by atoms with Gasteiger partial charge >= 0.3 is 0 Å². The molecule has 1 aromatic rings. The summed E-state index contributed by atoms with van der Waals surface area (Å²) in [5.41, 5.74) is 1.21. The number of ether oxygens (including phenoxy) is 3. The van der Waals surface area contributed by atoms with Gasteiger partial charge in [-0.25, -0.2) is 0 Å². The topological polar surface area (TPSA) is 39.7 Å². The third-order valence-electron chi connectivity index (χ3n) is 2.83. The summed E-state index contributed by atoms with van der Waals surface area (Å²) in [6.07, 6.45) is -0.0428. The molecule has 1 aromatic carbocycles. The molecule has 1 atom stereocenters. The Hall–Kier alpha value is -0.780. The fraction of sp³-hybridized carbons (Fsp3) is 0.625. The van der Waals surface area contributed by atoms with E-state index < -0.39 is 0 Å². The molecule has 0 bridgehead atoms. The third kappa shape index (κ3) is 6.24. The number of hydrogen-bond donors (Lipinski definition) is 1. The molecule has 1 unspecified atom stereocenters.